The van der Waals surface area contributed by atoms with Crippen LogP contribution in [0.3, 0.4) is 0 Å². The summed E-state index contributed by atoms with van der Waals surface area (Å²) >= 11 is 7.34. The summed E-state index contributed by atoms with van der Waals surface area (Å²) in [6.07, 6.45) is 5.73. The van der Waals surface area contributed by atoms with Crippen LogP contribution in [0.25, 0.3) is 0 Å². The Bertz CT molecular complexity index is 864. The number of anilines is 1. The number of carbonyl (C=O) groups excluding carboxylic acids is 2. The van der Waals surface area contributed by atoms with Crippen LogP contribution in [0.5, 0.6) is 0 Å². The lowest BCUT2D eigenvalue weighted by Gasteiger charge is -2.22. The van der Waals surface area contributed by atoms with E-state index >= 15 is 0 Å². The molecular weight excluding hydrogens is 485 g/mol. The summed E-state index contributed by atoms with van der Waals surface area (Å²) in [7, 11) is 0. The minimum atomic E-state index is -0.258. The molecule has 2 amide bonds. The van der Waals surface area contributed by atoms with Gasteiger partial charge in [0.1, 0.15) is 0 Å². The number of nitrogens with one attached hydrogen (secondary N) is 3. The standard InChI is InChI=1S/C21H22IN3O2S/c22-18-9-5-4-8-17(18)20(27)25-21(28)24-16-12-10-14(11-13-16)19(26)23-15-6-2-1-3-7-15/h4-5,8-13,15H,1-3,6-7H2,(H,23,26)(H2,24,25,27,28). The summed E-state index contributed by atoms with van der Waals surface area (Å²) in [4.78, 5) is 24.7. The summed E-state index contributed by atoms with van der Waals surface area (Å²) in [5.74, 6) is -0.307. The van der Waals surface area contributed by atoms with Crippen LogP contribution in [0.1, 0.15) is 52.8 Å². The molecule has 0 bridgehead atoms. The van der Waals surface area contributed by atoms with Gasteiger partial charge in [-0.1, -0.05) is 31.4 Å². The molecule has 0 radical (unpaired) electrons. The van der Waals surface area contributed by atoms with Gasteiger partial charge in [0.25, 0.3) is 11.8 Å². The Hall–Kier alpha value is -2.00. The Morgan fingerprint density at radius 1 is 0.929 bits per heavy atom. The number of hydrogen-bond donors (Lipinski definition) is 3. The molecule has 1 fully saturated rings. The van der Waals surface area contributed by atoms with Crippen molar-refractivity contribution < 1.29 is 9.59 Å². The van der Waals surface area contributed by atoms with Gasteiger partial charge in [-0.2, -0.15) is 0 Å². The highest BCUT2D eigenvalue weighted by Crippen LogP contribution is 2.18. The average molecular weight is 507 g/mol. The molecule has 7 heteroatoms. The highest BCUT2D eigenvalue weighted by atomic mass is 127. The van der Waals surface area contributed by atoms with E-state index in [-0.39, 0.29) is 23.0 Å². The fraction of sp³-hybridized carbons (Fsp3) is 0.286. The van der Waals surface area contributed by atoms with Crippen LogP contribution >= 0.6 is 34.8 Å². The summed E-state index contributed by atoms with van der Waals surface area (Å²) in [5, 5.41) is 8.96. The number of rotatable bonds is 4. The van der Waals surface area contributed by atoms with E-state index in [2.05, 4.69) is 38.5 Å². The van der Waals surface area contributed by atoms with Gasteiger partial charge in [0.2, 0.25) is 0 Å². The van der Waals surface area contributed by atoms with E-state index in [1.54, 1.807) is 30.3 Å². The van der Waals surface area contributed by atoms with Crippen molar-refractivity contribution in [2.24, 2.45) is 0 Å². The second-order valence-electron chi connectivity index (χ2n) is 6.77. The summed E-state index contributed by atoms with van der Waals surface area (Å²) in [6.45, 7) is 0. The maximum Gasteiger partial charge on any atom is 0.258 e. The number of halogens is 1. The maximum absolute atomic E-state index is 12.4. The monoisotopic (exact) mass is 507 g/mol. The van der Waals surface area contributed by atoms with Crippen LogP contribution in [0.4, 0.5) is 5.69 Å². The fourth-order valence-electron chi connectivity index (χ4n) is 3.20. The molecule has 5 nitrogen and oxygen atoms in total. The zero-order valence-electron chi connectivity index (χ0n) is 15.3. The van der Waals surface area contributed by atoms with E-state index in [0.717, 1.165) is 16.4 Å². The quantitative estimate of drug-likeness (QED) is 0.422. The fourth-order valence-corrected chi connectivity index (χ4v) is 4.04. The van der Waals surface area contributed by atoms with Crippen molar-refractivity contribution in [3.05, 3.63) is 63.2 Å². The molecule has 0 aromatic heterocycles. The molecule has 3 N–H and O–H groups in total. The van der Waals surface area contributed by atoms with Gasteiger partial charge in [0.15, 0.2) is 5.11 Å². The van der Waals surface area contributed by atoms with E-state index in [1.807, 2.05) is 18.2 Å². The van der Waals surface area contributed by atoms with Gasteiger partial charge in [-0.25, -0.2) is 0 Å². The first-order chi connectivity index (χ1) is 13.5. The number of amides is 2. The molecule has 3 rings (SSSR count). The van der Waals surface area contributed by atoms with Crippen LogP contribution in [0.15, 0.2) is 48.5 Å². The second kappa shape index (κ2) is 9.97. The topological polar surface area (TPSA) is 70.2 Å². The molecule has 1 aliphatic carbocycles. The number of benzene rings is 2. The molecule has 28 heavy (non-hydrogen) atoms. The predicted octanol–water partition coefficient (Wildman–Crippen LogP) is 4.48. The summed E-state index contributed by atoms with van der Waals surface area (Å²) in [6, 6.07) is 14.6. The Kier molecular flexibility index (Phi) is 7.38. The Balaban J connectivity index is 1.53. The first kappa shape index (κ1) is 20.7. The molecule has 0 saturated heterocycles. The molecule has 1 aliphatic rings. The molecule has 2 aromatic rings. The molecule has 0 spiro atoms. The van der Waals surface area contributed by atoms with E-state index in [9.17, 15) is 9.59 Å². The Morgan fingerprint density at radius 3 is 2.29 bits per heavy atom. The van der Waals surface area contributed by atoms with Crippen molar-refractivity contribution in [2.45, 2.75) is 38.1 Å². The largest absolute Gasteiger partial charge is 0.349 e. The minimum Gasteiger partial charge on any atom is -0.349 e. The van der Waals surface area contributed by atoms with E-state index in [4.69, 9.17) is 12.2 Å². The molecular formula is C21H22IN3O2S. The van der Waals surface area contributed by atoms with Crippen LogP contribution in [-0.4, -0.2) is 23.0 Å². The van der Waals surface area contributed by atoms with Gasteiger partial charge in [-0.05, 0) is 84.0 Å². The molecule has 0 heterocycles. The van der Waals surface area contributed by atoms with Crippen molar-refractivity contribution in [2.75, 3.05) is 5.32 Å². The van der Waals surface area contributed by atoms with Crippen LogP contribution in [-0.2, 0) is 0 Å². The van der Waals surface area contributed by atoms with Gasteiger partial charge in [0, 0.05) is 20.9 Å². The lowest BCUT2D eigenvalue weighted by atomic mass is 9.95. The Labute approximate surface area is 183 Å². The zero-order chi connectivity index (χ0) is 19.9. The van der Waals surface area contributed by atoms with Gasteiger partial charge < -0.3 is 10.6 Å². The maximum atomic E-state index is 12.4. The van der Waals surface area contributed by atoms with Gasteiger partial charge >= 0.3 is 0 Å². The van der Waals surface area contributed by atoms with Crippen LogP contribution in [0.2, 0.25) is 0 Å². The van der Waals surface area contributed by atoms with Crippen molar-refractivity contribution >= 4 is 57.4 Å². The van der Waals surface area contributed by atoms with Crippen molar-refractivity contribution in [3.63, 3.8) is 0 Å². The van der Waals surface area contributed by atoms with Gasteiger partial charge in [-0.3, -0.25) is 14.9 Å². The predicted molar refractivity (Wildman–Crippen MR) is 124 cm³/mol. The van der Waals surface area contributed by atoms with E-state index in [1.165, 1.54) is 19.3 Å². The van der Waals surface area contributed by atoms with E-state index < -0.39 is 0 Å². The van der Waals surface area contributed by atoms with Crippen LogP contribution in [0, 0.1) is 3.57 Å². The number of thiocarbonyl (C=S) groups is 1. The van der Waals surface area contributed by atoms with Crippen molar-refractivity contribution in [3.8, 4) is 0 Å². The highest BCUT2D eigenvalue weighted by Gasteiger charge is 2.16. The third kappa shape index (κ3) is 5.75. The minimum absolute atomic E-state index is 0.0482. The number of carbonyl (C=O) groups is 2. The molecule has 0 unspecified atom stereocenters. The number of hydrogen-bond acceptors (Lipinski definition) is 3. The third-order valence-electron chi connectivity index (χ3n) is 4.69. The third-order valence-corrected chi connectivity index (χ3v) is 5.84. The zero-order valence-corrected chi connectivity index (χ0v) is 18.3. The first-order valence-electron chi connectivity index (χ1n) is 9.31. The molecule has 1 saturated carbocycles. The van der Waals surface area contributed by atoms with E-state index in [0.29, 0.717) is 16.8 Å². The highest BCUT2D eigenvalue weighted by molar-refractivity contribution is 14.1. The average Bonchev–Trinajstić information content (AvgIpc) is 2.69. The SMILES string of the molecule is O=C(NC1CCCCC1)c1ccc(NC(=S)NC(=O)c2ccccc2I)cc1. The first-order valence-corrected chi connectivity index (χ1v) is 10.8. The van der Waals surface area contributed by atoms with Crippen LogP contribution < -0.4 is 16.0 Å². The smallest absolute Gasteiger partial charge is 0.258 e. The summed E-state index contributed by atoms with van der Waals surface area (Å²) in [5.41, 5.74) is 1.90. The van der Waals surface area contributed by atoms with Gasteiger partial charge in [-0.15, -0.1) is 0 Å². The lowest BCUT2D eigenvalue weighted by Crippen LogP contribution is -2.36. The second-order valence-corrected chi connectivity index (χ2v) is 8.34. The molecule has 146 valence electrons. The van der Waals surface area contributed by atoms with Crippen molar-refractivity contribution in [1.29, 1.82) is 0 Å². The van der Waals surface area contributed by atoms with Gasteiger partial charge in [0.05, 0.1) is 5.56 Å². The normalized spacial score (nSPS) is 14.2. The lowest BCUT2D eigenvalue weighted by molar-refractivity contribution is 0.0926. The molecule has 0 atom stereocenters. The van der Waals surface area contributed by atoms with Crippen molar-refractivity contribution in [1.82, 2.24) is 10.6 Å². The summed E-state index contributed by atoms with van der Waals surface area (Å²) < 4.78 is 0.855. The molecule has 0 aliphatic heterocycles. The Morgan fingerprint density at radius 2 is 1.61 bits per heavy atom. The molecule has 2 aromatic carbocycles.